The fourth-order valence-electron chi connectivity index (χ4n) is 2.72. The van der Waals surface area contributed by atoms with Crippen molar-refractivity contribution < 1.29 is 4.79 Å². The molecule has 0 spiro atoms. The molecule has 1 amide bonds. The zero-order valence-corrected chi connectivity index (χ0v) is 12.5. The number of nitrogens with one attached hydrogen (secondary N) is 1. The lowest BCUT2D eigenvalue weighted by molar-refractivity contribution is 0.1000. The first kappa shape index (κ1) is 15.0. The van der Waals surface area contributed by atoms with Crippen molar-refractivity contribution in [1.29, 1.82) is 0 Å². The number of piperidine rings is 1. The molecule has 1 aromatic carbocycles. The third kappa shape index (κ3) is 4.05. The molecule has 1 saturated heterocycles. The van der Waals surface area contributed by atoms with Crippen LogP contribution in [0.5, 0.6) is 0 Å². The summed E-state index contributed by atoms with van der Waals surface area (Å²) in [5, 5.41) is 3.54. The van der Waals surface area contributed by atoms with Gasteiger partial charge < -0.3 is 16.0 Å². The third-order valence-corrected chi connectivity index (χ3v) is 4.21. The van der Waals surface area contributed by atoms with Crippen LogP contribution in [-0.2, 0) is 6.54 Å². The molecule has 1 aliphatic heterocycles. The molecule has 1 aliphatic rings. The second-order valence-electron chi connectivity index (χ2n) is 5.88. The molecule has 0 bridgehead atoms. The van der Waals surface area contributed by atoms with Crippen molar-refractivity contribution >= 4 is 5.91 Å². The predicted molar refractivity (Wildman–Crippen MR) is 81.6 cm³/mol. The summed E-state index contributed by atoms with van der Waals surface area (Å²) in [4.78, 5) is 13.5. The summed E-state index contributed by atoms with van der Waals surface area (Å²) in [7, 11) is 2.19. The van der Waals surface area contributed by atoms with Crippen LogP contribution in [0.4, 0.5) is 0 Å². The molecule has 0 atom stereocenters. The fraction of sp³-hybridized carbons (Fsp3) is 0.562. The average molecular weight is 275 g/mol. The molecule has 0 unspecified atom stereocenters. The Labute approximate surface area is 121 Å². The molecular formula is C16H25N3O. The highest BCUT2D eigenvalue weighted by molar-refractivity contribution is 5.93. The van der Waals surface area contributed by atoms with Gasteiger partial charge in [0.25, 0.3) is 0 Å². The molecule has 0 aromatic heterocycles. The molecule has 4 nitrogen and oxygen atoms in total. The zero-order chi connectivity index (χ0) is 14.5. The van der Waals surface area contributed by atoms with E-state index < -0.39 is 0 Å². The molecule has 0 radical (unpaired) electrons. The predicted octanol–water partition coefficient (Wildman–Crippen LogP) is 1.53. The molecule has 2 rings (SSSR count). The first-order valence-corrected chi connectivity index (χ1v) is 7.35. The fourth-order valence-corrected chi connectivity index (χ4v) is 2.72. The number of aryl methyl sites for hydroxylation is 1. The monoisotopic (exact) mass is 275 g/mol. The van der Waals surface area contributed by atoms with E-state index in [1.807, 2.05) is 25.1 Å². The van der Waals surface area contributed by atoms with Gasteiger partial charge in [-0.2, -0.15) is 0 Å². The van der Waals surface area contributed by atoms with Gasteiger partial charge in [0, 0.05) is 12.1 Å². The summed E-state index contributed by atoms with van der Waals surface area (Å²) in [5.41, 5.74) is 8.23. The summed E-state index contributed by atoms with van der Waals surface area (Å²) < 4.78 is 0. The quantitative estimate of drug-likeness (QED) is 0.856. The Kier molecular flexibility index (Phi) is 5.15. The standard InChI is InChI=1S/C16H25N3O/c1-12-9-14(16(17)20)3-4-15(12)11-18-10-13-5-7-19(2)8-6-13/h3-4,9,13,18H,5-8,10-11H2,1-2H3,(H2,17,20). The van der Waals surface area contributed by atoms with E-state index in [0.717, 1.165) is 24.6 Å². The van der Waals surface area contributed by atoms with E-state index >= 15 is 0 Å². The van der Waals surface area contributed by atoms with Gasteiger partial charge in [-0.1, -0.05) is 6.07 Å². The number of amides is 1. The lowest BCUT2D eigenvalue weighted by Gasteiger charge is -2.29. The van der Waals surface area contributed by atoms with Crippen LogP contribution in [0.1, 0.15) is 34.3 Å². The molecule has 20 heavy (non-hydrogen) atoms. The maximum absolute atomic E-state index is 11.1. The van der Waals surface area contributed by atoms with Gasteiger partial charge in [-0.3, -0.25) is 4.79 Å². The normalized spacial score (nSPS) is 17.3. The number of hydrogen-bond acceptors (Lipinski definition) is 3. The van der Waals surface area contributed by atoms with Gasteiger partial charge in [0.2, 0.25) is 5.91 Å². The van der Waals surface area contributed by atoms with E-state index in [-0.39, 0.29) is 5.91 Å². The highest BCUT2D eigenvalue weighted by Crippen LogP contribution is 2.15. The number of carbonyl (C=O) groups excluding carboxylic acids is 1. The Morgan fingerprint density at radius 3 is 2.70 bits per heavy atom. The maximum Gasteiger partial charge on any atom is 0.248 e. The average Bonchev–Trinajstić information content (AvgIpc) is 2.42. The Morgan fingerprint density at radius 1 is 1.40 bits per heavy atom. The molecule has 3 N–H and O–H groups in total. The third-order valence-electron chi connectivity index (χ3n) is 4.21. The summed E-state index contributed by atoms with van der Waals surface area (Å²) in [5.74, 6) is 0.426. The molecule has 1 aromatic rings. The molecule has 1 heterocycles. The van der Waals surface area contributed by atoms with Gasteiger partial charge in [-0.25, -0.2) is 0 Å². The number of hydrogen-bond donors (Lipinski definition) is 2. The van der Waals surface area contributed by atoms with E-state index in [1.54, 1.807) is 0 Å². The van der Waals surface area contributed by atoms with E-state index in [4.69, 9.17) is 5.73 Å². The molecule has 110 valence electrons. The van der Waals surface area contributed by atoms with Gasteiger partial charge in [-0.05, 0) is 75.6 Å². The van der Waals surface area contributed by atoms with Gasteiger partial charge >= 0.3 is 0 Å². The van der Waals surface area contributed by atoms with Crippen molar-refractivity contribution in [3.8, 4) is 0 Å². The van der Waals surface area contributed by atoms with Crippen LogP contribution in [0.3, 0.4) is 0 Å². The SMILES string of the molecule is Cc1cc(C(N)=O)ccc1CNCC1CCN(C)CC1. The van der Waals surface area contributed by atoms with Crippen molar-refractivity contribution in [1.82, 2.24) is 10.2 Å². The van der Waals surface area contributed by atoms with Crippen molar-refractivity contribution in [2.24, 2.45) is 11.7 Å². The van der Waals surface area contributed by atoms with Crippen molar-refractivity contribution in [3.05, 3.63) is 34.9 Å². The Bertz CT molecular complexity index is 465. The number of nitrogens with zero attached hydrogens (tertiary/aromatic N) is 1. The van der Waals surface area contributed by atoms with E-state index in [9.17, 15) is 4.79 Å². The second-order valence-corrected chi connectivity index (χ2v) is 5.88. The first-order chi connectivity index (χ1) is 9.56. The minimum Gasteiger partial charge on any atom is -0.366 e. The Morgan fingerprint density at radius 2 is 2.10 bits per heavy atom. The number of rotatable bonds is 5. The number of likely N-dealkylation sites (tertiary alicyclic amines) is 1. The lowest BCUT2D eigenvalue weighted by atomic mass is 9.97. The summed E-state index contributed by atoms with van der Waals surface area (Å²) in [6.07, 6.45) is 2.56. The van der Waals surface area contributed by atoms with Crippen molar-refractivity contribution in [2.45, 2.75) is 26.3 Å². The molecular weight excluding hydrogens is 250 g/mol. The topological polar surface area (TPSA) is 58.4 Å². The zero-order valence-electron chi connectivity index (χ0n) is 12.5. The highest BCUT2D eigenvalue weighted by atomic mass is 16.1. The van der Waals surface area contributed by atoms with Gasteiger partial charge in [-0.15, -0.1) is 0 Å². The maximum atomic E-state index is 11.1. The van der Waals surface area contributed by atoms with Crippen LogP contribution in [-0.4, -0.2) is 37.5 Å². The van der Waals surface area contributed by atoms with Crippen molar-refractivity contribution in [3.63, 3.8) is 0 Å². The van der Waals surface area contributed by atoms with Gasteiger partial charge in [0.05, 0.1) is 0 Å². The number of nitrogens with two attached hydrogens (primary N) is 1. The van der Waals surface area contributed by atoms with Crippen LogP contribution < -0.4 is 11.1 Å². The smallest absolute Gasteiger partial charge is 0.248 e. The van der Waals surface area contributed by atoms with Crippen LogP contribution in [0.15, 0.2) is 18.2 Å². The number of primary amides is 1. The van der Waals surface area contributed by atoms with Crippen LogP contribution in [0.25, 0.3) is 0 Å². The minimum absolute atomic E-state index is 0.362. The molecule has 4 heteroatoms. The lowest BCUT2D eigenvalue weighted by Crippen LogP contribution is -2.34. The Hall–Kier alpha value is -1.39. The summed E-state index contributed by atoms with van der Waals surface area (Å²) in [6, 6.07) is 5.67. The second kappa shape index (κ2) is 6.86. The largest absolute Gasteiger partial charge is 0.366 e. The van der Waals surface area contributed by atoms with Crippen molar-refractivity contribution in [2.75, 3.05) is 26.7 Å². The van der Waals surface area contributed by atoms with E-state index in [0.29, 0.717) is 5.56 Å². The minimum atomic E-state index is -0.362. The molecule has 0 aliphatic carbocycles. The van der Waals surface area contributed by atoms with Crippen LogP contribution >= 0.6 is 0 Å². The summed E-state index contributed by atoms with van der Waals surface area (Å²) >= 11 is 0. The molecule has 1 fully saturated rings. The first-order valence-electron chi connectivity index (χ1n) is 7.35. The molecule has 0 saturated carbocycles. The number of benzene rings is 1. The Balaban J connectivity index is 1.81. The highest BCUT2D eigenvalue weighted by Gasteiger charge is 2.16. The van der Waals surface area contributed by atoms with Gasteiger partial charge in [0.1, 0.15) is 0 Å². The number of carbonyl (C=O) groups is 1. The van der Waals surface area contributed by atoms with Gasteiger partial charge in [0.15, 0.2) is 0 Å². The van der Waals surface area contributed by atoms with Crippen LogP contribution in [0, 0.1) is 12.8 Å². The van der Waals surface area contributed by atoms with Crippen LogP contribution in [0.2, 0.25) is 0 Å². The van der Waals surface area contributed by atoms with E-state index in [1.165, 1.54) is 31.5 Å². The van der Waals surface area contributed by atoms with E-state index in [2.05, 4.69) is 17.3 Å². The summed E-state index contributed by atoms with van der Waals surface area (Å²) in [6.45, 7) is 6.37.